The van der Waals surface area contributed by atoms with Gasteiger partial charge in [-0.15, -0.1) is 0 Å². The summed E-state index contributed by atoms with van der Waals surface area (Å²) < 4.78 is 26.0. The van der Waals surface area contributed by atoms with Crippen LogP contribution in [0.5, 0.6) is 0 Å². The van der Waals surface area contributed by atoms with Crippen LogP contribution >= 0.6 is 0 Å². The van der Waals surface area contributed by atoms with Crippen molar-refractivity contribution < 1.29 is 8.78 Å². The fourth-order valence-corrected chi connectivity index (χ4v) is 2.16. The second-order valence-corrected chi connectivity index (χ2v) is 4.64. The van der Waals surface area contributed by atoms with Crippen LogP contribution < -0.4 is 5.32 Å². The van der Waals surface area contributed by atoms with E-state index in [4.69, 9.17) is 0 Å². The van der Waals surface area contributed by atoms with Gasteiger partial charge in [0.05, 0.1) is 0 Å². The van der Waals surface area contributed by atoms with Crippen LogP contribution in [0.4, 0.5) is 8.78 Å². The van der Waals surface area contributed by atoms with E-state index in [0.29, 0.717) is 5.92 Å². The van der Waals surface area contributed by atoms with Gasteiger partial charge in [0.15, 0.2) is 11.6 Å². The summed E-state index contributed by atoms with van der Waals surface area (Å²) in [7, 11) is 1.85. The average molecular weight is 241 g/mol. The summed E-state index contributed by atoms with van der Waals surface area (Å²) in [6.45, 7) is 4.34. The molecule has 1 aromatic carbocycles. The number of hydrogen-bond acceptors (Lipinski definition) is 1. The number of benzene rings is 1. The molecule has 0 aliphatic rings. The van der Waals surface area contributed by atoms with Gasteiger partial charge in [-0.05, 0) is 37.1 Å². The number of hydrogen-bond donors (Lipinski definition) is 1. The van der Waals surface area contributed by atoms with Crippen molar-refractivity contribution in [3.05, 3.63) is 35.4 Å². The molecule has 1 aromatic rings. The van der Waals surface area contributed by atoms with Crippen molar-refractivity contribution >= 4 is 0 Å². The zero-order valence-corrected chi connectivity index (χ0v) is 10.8. The highest BCUT2D eigenvalue weighted by Crippen LogP contribution is 2.24. The minimum Gasteiger partial charge on any atom is -0.313 e. The van der Waals surface area contributed by atoms with Crippen LogP contribution in [-0.2, 0) is 0 Å². The first-order valence-corrected chi connectivity index (χ1v) is 6.20. The van der Waals surface area contributed by atoms with Crippen molar-refractivity contribution in [2.75, 3.05) is 7.05 Å². The molecule has 0 saturated heterocycles. The monoisotopic (exact) mass is 241 g/mol. The maximum atomic E-state index is 13.2. The predicted octanol–water partition coefficient (Wildman–Crippen LogP) is 4.05. The van der Waals surface area contributed by atoms with Gasteiger partial charge in [0, 0.05) is 6.04 Å². The van der Waals surface area contributed by atoms with Gasteiger partial charge in [0.2, 0.25) is 0 Å². The second-order valence-electron chi connectivity index (χ2n) is 4.64. The van der Waals surface area contributed by atoms with E-state index < -0.39 is 11.6 Å². The topological polar surface area (TPSA) is 12.0 Å². The molecule has 1 rings (SSSR count). The van der Waals surface area contributed by atoms with Gasteiger partial charge in [-0.1, -0.05) is 32.8 Å². The number of nitrogens with one attached hydrogen (secondary N) is 1. The van der Waals surface area contributed by atoms with Gasteiger partial charge in [0.25, 0.3) is 0 Å². The van der Waals surface area contributed by atoms with Crippen LogP contribution in [0.1, 0.15) is 44.7 Å². The Hall–Kier alpha value is -0.960. The summed E-state index contributed by atoms with van der Waals surface area (Å²) in [4.78, 5) is 0. The van der Waals surface area contributed by atoms with Crippen molar-refractivity contribution in [2.24, 2.45) is 5.92 Å². The first kappa shape index (κ1) is 14.1. The Morgan fingerprint density at radius 2 is 1.94 bits per heavy atom. The Bertz CT molecular complexity index is 352. The molecule has 1 nitrogen and oxygen atoms in total. The lowest BCUT2D eigenvalue weighted by molar-refractivity contribution is 0.404. The van der Waals surface area contributed by atoms with Crippen molar-refractivity contribution in [2.45, 2.75) is 39.2 Å². The van der Waals surface area contributed by atoms with Gasteiger partial charge in [-0.3, -0.25) is 0 Å². The third-order valence-corrected chi connectivity index (χ3v) is 3.11. The van der Waals surface area contributed by atoms with E-state index in [0.717, 1.165) is 24.8 Å². The lowest BCUT2D eigenvalue weighted by Gasteiger charge is -2.20. The van der Waals surface area contributed by atoms with Crippen LogP contribution in [-0.4, -0.2) is 7.05 Å². The molecule has 0 saturated carbocycles. The molecule has 0 aliphatic heterocycles. The summed E-state index contributed by atoms with van der Waals surface area (Å²) in [6, 6.07) is 4.22. The largest absolute Gasteiger partial charge is 0.313 e. The fourth-order valence-electron chi connectivity index (χ4n) is 2.16. The normalized spacial score (nSPS) is 14.6. The van der Waals surface area contributed by atoms with Crippen molar-refractivity contribution in [3.8, 4) is 0 Å². The van der Waals surface area contributed by atoms with Crippen LogP contribution in [0.3, 0.4) is 0 Å². The maximum absolute atomic E-state index is 13.2. The molecule has 0 aromatic heterocycles. The highest BCUT2D eigenvalue weighted by Gasteiger charge is 2.14. The predicted molar refractivity (Wildman–Crippen MR) is 66.8 cm³/mol. The molecular weight excluding hydrogens is 220 g/mol. The van der Waals surface area contributed by atoms with Crippen molar-refractivity contribution in [3.63, 3.8) is 0 Å². The average Bonchev–Trinajstić information content (AvgIpc) is 2.30. The molecule has 0 radical (unpaired) electrons. The molecule has 0 heterocycles. The summed E-state index contributed by atoms with van der Waals surface area (Å²) in [6.07, 6.45) is 3.24. The van der Waals surface area contributed by atoms with E-state index in [2.05, 4.69) is 19.2 Å². The third-order valence-electron chi connectivity index (χ3n) is 3.11. The molecule has 2 atom stereocenters. The minimum atomic E-state index is -0.787. The quantitative estimate of drug-likeness (QED) is 0.792. The van der Waals surface area contributed by atoms with E-state index in [1.807, 2.05) is 7.05 Å². The molecule has 1 N–H and O–H groups in total. The molecule has 0 fully saturated rings. The summed E-state index contributed by atoms with van der Waals surface area (Å²) in [5, 5.41) is 3.17. The van der Waals surface area contributed by atoms with Gasteiger partial charge < -0.3 is 5.32 Å². The standard InChI is InChI=1S/C14H21F2N/c1-4-5-10(2)8-14(17-3)11-6-7-12(15)13(16)9-11/h6-7,9-10,14,17H,4-5,8H2,1-3H3. The summed E-state index contributed by atoms with van der Waals surface area (Å²) in [5.41, 5.74) is 0.814. The lowest BCUT2D eigenvalue weighted by Crippen LogP contribution is -2.19. The van der Waals surface area contributed by atoms with E-state index in [9.17, 15) is 8.78 Å². The SMILES string of the molecule is CCCC(C)CC(NC)c1ccc(F)c(F)c1. The molecule has 96 valence electrons. The Morgan fingerprint density at radius 3 is 2.47 bits per heavy atom. The van der Waals surface area contributed by atoms with Crippen LogP contribution in [0, 0.1) is 17.6 Å². The van der Waals surface area contributed by atoms with Crippen LogP contribution in [0.15, 0.2) is 18.2 Å². The minimum absolute atomic E-state index is 0.0895. The Morgan fingerprint density at radius 1 is 1.24 bits per heavy atom. The van der Waals surface area contributed by atoms with Gasteiger partial charge in [0.1, 0.15) is 0 Å². The molecule has 0 bridgehead atoms. The van der Waals surface area contributed by atoms with E-state index in [1.54, 1.807) is 6.07 Å². The zero-order valence-electron chi connectivity index (χ0n) is 10.8. The number of rotatable bonds is 6. The van der Waals surface area contributed by atoms with Crippen molar-refractivity contribution in [1.29, 1.82) is 0 Å². The molecule has 2 unspecified atom stereocenters. The Labute approximate surface area is 102 Å². The van der Waals surface area contributed by atoms with Crippen LogP contribution in [0.25, 0.3) is 0 Å². The maximum Gasteiger partial charge on any atom is 0.159 e. The first-order chi connectivity index (χ1) is 8.08. The Kier molecular flexibility index (Phi) is 5.56. The molecular formula is C14H21F2N. The van der Waals surface area contributed by atoms with E-state index in [1.165, 1.54) is 12.1 Å². The van der Waals surface area contributed by atoms with Gasteiger partial charge in [-0.2, -0.15) is 0 Å². The van der Waals surface area contributed by atoms with Gasteiger partial charge in [-0.25, -0.2) is 8.78 Å². The smallest absolute Gasteiger partial charge is 0.159 e. The summed E-state index contributed by atoms with van der Waals surface area (Å²) in [5.74, 6) is -0.985. The van der Waals surface area contributed by atoms with Crippen molar-refractivity contribution in [1.82, 2.24) is 5.32 Å². The fraction of sp³-hybridized carbons (Fsp3) is 0.571. The first-order valence-electron chi connectivity index (χ1n) is 6.20. The highest BCUT2D eigenvalue weighted by molar-refractivity contribution is 5.21. The van der Waals surface area contributed by atoms with E-state index >= 15 is 0 Å². The third kappa shape index (κ3) is 4.08. The molecule has 0 spiro atoms. The zero-order chi connectivity index (χ0) is 12.8. The molecule has 0 amide bonds. The molecule has 3 heteroatoms. The lowest BCUT2D eigenvalue weighted by atomic mass is 9.93. The van der Waals surface area contributed by atoms with Gasteiger partial charge >= 0.3 is 0 Å². The molecule has 17 heavy (non-hydrogen) atoms. The van der Waals surface area contributed by atoms with E-state index in [-0.39, 0.29) is 6.04 Å². The Balaban J connectivity index is 2.75. The highest BCUT2D eigenvalue weighted by atomic mass is 19.2. The van der Waals surface area contributed by atoms with Crippen LogP contribution in [0.2, 0.25) is 0 Å². The second kappa shape index (κ2) is 6.70. The summed E-state index contributed by atoms with van der Waals surface area (Å²) >= 11 is 0. The molecule has 0 aliphatic carbocycles. The number of halogens is 2.